The molecule has 0 saturated carbocycles. The molecular weight excluding hydrogens is 160 g/mol. The maximum atomic E-state index is 5.48. The molecule has 1 nitrogen and oxygen atoms in total. The highest BCUT2D eigenvalue weighted by molar-refractivity contribution is 5.33. The first-order valence-corrected chi connectivity index (χ1v) is 4.72. The van der Waals surface area contributed by atoms with Crippen LogP contribution >= 0.6 is 0 Å². The van der Waals surface area contributed by atoms with Crippen LogP contribution in [-0.2, 0) is 11.2 Å². The van der Waals surface area contributed by atoms with Crippen molar-refractivity contribution in [3.8, 4) is 0 Å². The minimum atomic E-state index is 0.243. The Morgan fingerprint density at radius 3 is 2.85 bits per heavy atom. The number of rotatable bonds is 3. The number of benzene rings is 1. The van der Waals surface area contributed by atoms with Gasteiger partial charge in [0, 0.05) is 0 Å². The second-order valence-electron chi connectivity index (χ2n) is 3.31. The summed E-state index contributed by atoms with van der Waals surface area (Å²) in [5, 5.41) is 0. The minimum Gasteiger partial charge on any atom is -0.360 e. The summed E-state index contributed by atoms with van der Waals surface area (Å²) in [5.74, 6) is 0. The maximum absolute atomic E-state index is 5.48. The van der Waals surface area contributed by atoms with Crippen LogP contribution in [0, 0.1) is 0 Å². The lowest BCUT2D eigenvalue weighted by molar-refractivity contribution is 0.393. The van der Waals surface area contributed by atoms with E-state index in [4.69, 9.17) is 4.74 Å². The van der Waals surface area contributed by atoms with E-state index in [1.165, 1.54) is 11.1 Å². The molecule has 68 valence electrons. The van der Waals surface area contributed by atoms with Gasteiger partial charge in [-0.15, -0.1) is 6.58 Å². The molecule has 1 fully saturated rings. The summed E-state index contributed by atoms with van der Waals surface area (Å²) < 4.78 is 5.48. The molecule has 0 spiro atoms. The minimum absolute atomic E-state index is 0.243. The Hall–Kier alpha value is -1.08. The largest absolute Gasteiger partial charge is 0.360 e. The van der Waals surface area contributed by atoms with Gasteiger partial charge in [0.05, 0.1) is 0 Å². The second kappa shape index (κ2) is 3.35. The third-order valence-electron chi connectivity index (χ3n) is 2.50. The van der Waals surface area contributed by atoms with Crippen molar-refractivity contribution < 1.29 is 4.74 Å². The molecule has 0 N–H and O–H groups in total. The molecule has 0 amide bonds. The fourth-order valence-electron chi connectivity index (χ4n) is 1.69. The van der Waals surface area contributed by atoms with Crippen molar-refractivity contribution in [2.75, 3.05) is 0 Å². The summed E-state index contributed by atoms with van der Waals surface area (Å²) in [6, 6.07) is 8.45. The number of hydrogen-bond acceptors (Lipinski definition) is 1. The SMILES string of the molecule is C=CC1OC1c1ccccc1CC. The van der Waals surface area contributed by atoms with Gasteiger partial charge in [-0.25, -0.2) is 0 Å². The van der Waals surface area contributed by atoms with Gasteiger partial charge in [0.15, 0.2) is 0 Å². The Bertz CT molecular complexity index is 317. The zero-order valence-electron chi connectivity index (χ0n) is 7.86. The predicted octanol–water partition coefficient (Wildman–Crippen LogP) is 2.87. The van der Waals surface area contributed by atoms with Crippen LogP contribution in [0.4, 0.5) is 0 Å². The highest BCUT2D eigenvalue weighted by atomic mass is 16.6. The lowest BCUT2D eigenvalue weighted by atomic mass is 10.0. The summed E-state index contributed by atoms with van der Waals surface area (Å²) in [7, 11) is 0. The average molecular weight is 174 g/mol. The molecule has 1 saturated heterocycles. The molecule has 2 atom stereocenters. The fraction of sp³-hybridized carbons (Fsp3) is 0.333. The van der Waals surface area contributed by atoms with Crippen LogP contribution in [-0.4, -0.2) is 6.10 Å². The molecule has 0 aliphatic carbocycles. The fourth-order valence-corrected chi connectivity index (χ4v) is 1.69. The summed E-state index contributed by atoms with van der Waals surface area (Å²) in [4.78, 5) is 0. The molecular formula is C12H14O. The van der Waals surface area contributed by atoms with Crippen LogP contribution < -0.4 is 0 Å². The van der Waals surface area contributed by atoms with Crippen molar-refractivity contribution in [3.05, 3.63) is 48.0 Å². The average Bonchev–Trinajstić information content (AvgIpc) is 2.96. The first-order chi connectivity index (χ1) is 6.36. The van der Waals surface area contributed by atoms with Gasteiger partial charge >= 0.3 is 0 Å². The molecule has 2 unspecified atom stereocenters. The zero-order valence-corrected chi connectivity index (χ0v) is 7.86. The van der Waals surface area contributed by atoms with Crippen molar-refractivity contribution in [1.82, 2.24) is 0 Å². The molecule has 2 rings (SSSR count). The van der Waals surface area contributed by atoms with E-state index in [0.29, 0.717) is 0 Å². The number of aryl methyl sites for hydroxylation is 1. The van der Waals surface area contributed by atoms with Gasteiger partial charge < -0.3 is 4.74 Å². The summed E-state index contributed by atoms with van der Waals surface area (Å²) in [6.45, 7) is 5.90. The molecule has 1 aliphatic rings. The lowest BCUT2D eigenvalue weighted by Gasteiger charge is -2.02. The van der Waals surface area contributed by atoms with Crippen LogP contribution in [0.25, 0.3) is 0 Å². The van der Waals surface area contributed by atoms with Crippen LogP contribution in [0.2, 0.25) is 0 Å². The van der Waals surface area contributed by atoms with Crippen molar-refractivity contribution >= 4 is 0 Å². The van der Waals surface area contributed by atoms with E-state index in [1.54, 1.807) is 0 Å². The van der Waals surface area contributed by atoms with E-state index in [1.807, 2.05) is 6.08 Å². The molecule has 1 heteroatoms. The molecule has 0 aromatic heterocycles. The third-order valence-corrected chi connectivity index (χ3v) is 2.50. The Kier molecular flexibility index (Phi) is 2.19. The number of ether oxygens (including phenoxy) is 1. The van der Waals surface area contributed by atoms with Gasteiger partial charge in [-0.2, -0.15) is 0 Å². The Morgan fingerprint density at radius 1 is 1.46 bits per heavy atom. The van der Waals surface area contributed by atoms with Crippen LogP contribution in [0.1, 0.15) is 24.2 Å². The van der Waals surface area contributed by atoms with Gasteiger partial charge in [-0.1, -0.05) is 37.3 Å². The van der Waals surface area contributed by atoms with Gasteiger partial charge in [-0.05, 0) is 17.5 Å². The van der Waals surface area contributed by atoms with E-state index >= 15 is 0 Å². The topological polar surface area (TPSA) is 12.5 Å². The Labute approximate surface area is 79.0 Å². The number of hydrogen-bond donors (Lipinski definition) is 0. The molecule has 1 aromatic rings. The maximum Gasteiger partial charge on any atom is 0.113 e. The quantitative estimate of drug-likeness (QED) is 0.507. The Morgan fingerprint density at radius 2 is 2.23 bits per heavy atom. The molecule has 1 aromatic carbocycles. The first-order valence-electron chi connectivity index (χ1n) is 4.72. The molecule has 0 bridgehead atoms. The lowest BCUT2D eigenvalue weighted by Crippen LogP contribution is -1.91. The van der Waals surface area contributed by atoms with Crippen molar-refractivity contribution in [3.63, 3.8) is 0 Å². The van der Waals surface area contributed by atoms with Gasteiger partial charge in [0.25, 0.3) is 0 Å². The van der Waals surface area contributed by atoms with Crippen molar-refractivity contribution in [2.45, 2.75) is 25.6 Å². The first kappa shape index (κ1) is 8.52. The smallest absolute Gasteiger partial charge is 0.113 e. The molecule has 1 aliphatic heterocycles. The van der Waals surface area contributed by atoms with Crippen LogP contribution in [0.3, 0.4) is 0 Å². The monoisotopic (exact) mass is 174 g/mol. The molecule has 0 radical (unpaired) electrons. The van der Waals surface area contributed by atoms with E-state index in [0.717, 1.165) is 6.42 Å². The Balaban J connectivity index is 2.25. The zero-order chi connectivity index (χ0) is 9.26. The normalized spacial score (nSPS) is 25.6. The van der Waals surface area contributed by atoms with Gasteiger partial charge in [0.1, 0.15) is 12.2 Å². The van der Waals surface area contributed by atoms with E-state index < -0.39 is 0 Å². The highest BCUT2D eigenvalue weighted by Crippen LogP contribution is 2.40. The third kappa shape index (κ3) is 1.52. The van der Waals surface area contributed by atoms with E-state index in [9.17, 15) is 0 Å². The highest BCUT2D eigenvalue weighted by Gasteiger charge is 2.38. The van der Waals surface area contributed by atoms with Gasteiger partial charge in [-0.3, -0.25) is 0 Å². The van der Waals surface area contributed by atoms with Gasteiger partial charge in [0.2, 0.25) is 0 Å². The van der Waals surface area contributed by atoms with Crippen molar-refractivity contribution in [1.29, 1.82) is 0 Å². The standard InChI is InChI=1S/C12H14O/c1-3-9-7-5-6-8-10(9)12-11(4-2)13-12/h4-8,11-12H,2-3H2,1H3. The van der Waals surface area contributed by atoms with Crippen LogP contribution in [0.5, 0.6) is 0 Å². The predicted molar refractivity (Wildman–Crippen MR) is 53.6 cm³/mol. The second-order valence-corrected chi connectivity index (χ2v) is 3.31. The summed E-state index contributed by atoms with van der Waals surface area (Å²) in [6.07, 6.45) is 3.46. The van der Waals surface area contributed by atoms with E-state index in [2.05, 4.69) is 37.8 Å². The van der Waals surface area contributed by atoms with E-state index in [-0.39, 0.29) is 12.2 Å². The summed E-state index contributed by atoms with van der Waals surface area (Å²) in [5.41, 5.74) is 2.71. The number of epoxide rings is 1. The summed E-state index contributed by atoms with van der Waals surface area (Å²) >= 11 is 0. The molecule has 1 heterocycles. The van der Waals surface area contributed by atoms with Crippen LogP contribution in [0.15, 0.2) is 36.9 Å². The molecule has 13 heavy (non-hydrogen) atoms. The van der Waals surface area contributed by atoms with Crippen molar-refractivity contribution in [2.24, 2.45) is 0 Å².